The number of amides is 2. The van der Waals surface area contributed by atoms with Crippen LogP contribution >= 0.6 is 0 Å². The van der Waals surface area contributed by atoms with E-state index in [9.17, 15) is 9.59 Å². The van der Waals surface area contributed by atoms with Crippen molar-refractivity contribution >= 4 is 17.5 Å². The van der Waals surface area contributed by atoms with Crippen LogP contribution in [-0.4, -0.2) is 16.7 Å². The van der Waals surface area contributed by atoms with Gasteiger partial charge in [-0.25, -0.2) is 0 Å². The summed E-state index contributed by atoms with van der Waals surface area (Å²) in [5, 5.41) is 0. The van der Waals surface area contributed by atoms with E-state index in [1.807, 2.05) is 42.5 Å². The van der Waals surface area contributed by atoms with Gasteiger partial charge in [0.05, 0.1) is 12.5 Å². The molecule has 4 nitrogen and oxygen atoms in total. The van der Waals surface area contributed by atoms with Gasteiger partial charge in [0, 0.05) is 12.1 Å². The first-order valence-corrected chi connectivity index (χ1v) is 6.89. The molecule has 2 aromatic carbocycles. The number of likely N-dealkylation sites (tertiary alicyclic amines) is 1. The Labute approximate surface area is 123 Å². The van der Waals surface area contributed by atoms with Crippen LogP contribution in [0.1, 0.15) is 23.5 Å². The van der Waals surface area contributed by atoms with Crippen molar-refractivity contribution in [1.29, 1.82) is 0 Å². The molecule has 1 heterocycles. The minimum absolute atomic E-state index is 0.120. The Morgan fingerprint density at radius 3 is 2.33 bits per heavy atom. The van der Waals surface area contributed by atoms with E-state index >= 15 is 0 Å². The molecule has 3 rings (SSSR count). The maximum Gasteiger partial charge on any atom is 0.237 e. The molecule has 0 spiro atoms. The van der Waals surface area contributed by atoms with Crippen LogP contribution in [0.3, 0.4) is 0 Å². The van der Waals surface area contributed by atoms with Crippen LogP contribution in [0, 0.1) is 0 Å². The smallest absolute Gasteiger partial charge is 0.237 e. The first-order chi connectivity index (χ1) is 10.1. The molecule has 1 aliphatic rings. The van der Waals surface area contributed by atoms with Crippen LogP contribution in [-0.2, 0) is 16.1 Å². The largest absolute Gasteiger partial charge is 0.399 e. The number of anilines is 1. The van der Waals surface area contributed by atoms with Gasteiger partial charge in [-0.15, -0.1) is 0 Å². The summed E-state index contributed by atoms with van der Waals surface area (Å²) in [5.74, 6) is -0.596. The van der Waals surface area contributed by atoms with Gasteiger partial charge in [-0.3, -0.25) is 14.5 Å². The van der Waals surface area contributed by atoms with E-state index in [1.54, 1.807) is 12.1 Å². The number of imide groups is 1. The summed E-state index contributed by atoms with van der Waals surface area (Å²) in [7, 11) is 0. The molecular weight excluding hydrogens is 264 g/mol. The van der Waals surface area contributed by atoms with Gasteiger partial charge in [-0.05, 0) is 23.3 Å². The minimum atomic E-state index is -0.354. The van der Waals surface area contributed by atoms with Crippen molar-refractivity contribution in [2.75, 3.05) is 5.73 Å². The fraction of sp³-hybridized carbons (Fsp3) is 0.176. The molecule has 2 aromatic rings. The second-order valence-corrected chi connectivity index (χ2v) is 5.23. The molecule has 0 saturated carbocycles. The Morgan fingerprint density at radius 2 is 1.67 bits per heavy atom. The summed E-state index contributed by atoms with van der Waals surface area (Å²) in [6.07, 6.45) is 0.248. The number of benzene rings is 2. The lowest BCUT2D eigenvalue weighted by Crippen LogP contribution is -2.29. The third-order valence-electron chi connectivity index (χ3n) is 3.77. The van der Waals surface area contributed by atoms with Crippen LogP contribution in [0.2, 0.25) is 0 Å². The Bertz CT molecular complexity index is 665. The molecule has 2 amide bonds. The van der Waals surface area contributed by atoms with Crippen molar-refractivity contribution < 1.29 is 9.59 Å². The fourth-order valence-corrected chi connectivity index (χ4v) is 2.60. The Hall–Kier alpha value is -2.62. The molecule has 106 valence electrons. The lowest BCUT2D eigenvalue weighted by molar-refractivity contribution is -0.139. The van der Waals surface area contributed by atoms with E-state index in [0.29, 0.717) is 12.2 Å². The summed E-state index contributed by atoms with van der Waals surface area (Å²) >= 11 is 0. The maximum atomic E-state index is 12.5. The quantitative estimate of drug-likeness (QED) is 0.693. The van der Waals surface area contributed by atoms with Gasteiger partial charge in [-0.2, -0.15) is 0 Å². The third-order valence-corrected chi connectivity index (χ3v) is 3.77. The van der Waals surface area contributed by atoms with Gasteiger partial charge in [-0.1, -0.05) is 42.5 Å². The molecule has 1 fully saturated rings. The number of nitrogens with two attached hydrogens (primary N) is 1. The minimum Gasteiger partial charge on any atom is -0.399 e. The first-order valence-electron chi connectivity index (χ1n) is 6.89. The average molecular weight is 280 g/mol. The van der Waals surface area contributed by atoms with Gasteiger partial charge < -0.3 is 5.73 Å². The zero-order chi connectivity index (χ0) is 14.8. The van der Waals surface area contributed by atoms with E-state index in [-0.39, 0.29) is 24.2 Å². The van der Waals surface area contributed by atoms with Crippen molar-refractivity contribution in [3.05, 3.63) is 65.7 Å². The highest BCUT2D eigenvalue weighted by molar-refractivity contribution is 6.06. The molecule has 1 atom stereocenters. The van der Waals surface area contributed by atoms with Gasteiger partial charge in [0.15, 0.2) is 0 Å². The van der Waals surface area contributed by atoms with E-state index in [4.69, 9.17) is 5.73 Å². The van der Waals surface area contributed by atoms with Crippen molar-refractivity contribution in [2.24, 2.45) is 0 Å². The fourth-order valence-electron chi connectivity index (χ4n) is 2.60. The highest BCUT2D eigenvalue weighted by atomic mass is 16.2. The number of hydrogen-bond donors (Lipinski definition) is 1. The second kappa shape index (κ2) is 5.40. The monoisotopic (exact) mass is 280 g/mol. The number of hydrogen-bond acceptors (Lipinski definition) is 3. The Kier molecular flexibility index (Phi) is 3.44. The molecule has 2 N–H and O–H groups in total. The standard InChI is InChI=1S/C17H16N2O2/c18-14-8-6-12(7-9-14)11-19-16(20)10-15(17(19)21)13-4-2-1-3-5-13/h1-9,15H,10-11,18H2. The molecule has 0 aromatic heterocycles. The number of nitrogens with zero attached hydrogens (tertiary/aromatic N) is 1. The van der Waals surface area contributed by atoms with Crippen molar-refractivity contribution in [2.45, 2.75) is 18.9 Å². The number of rotatable bonds is 3. The van der Waals surface area contributed by atoms with Crippen LogP contribution in [0.25, 0.3) is 0 Å². The van der Waals surface area contributed by atoms with Crippen molar-refractivity contribution in [3.63, 3.8) is 0 Å². The Morgan fingerprint density at radius 1 is 1.00 bits per heavy atom. The summed E-state index contributed by atoms with van der Waals surface area (Å²) in [4.78, 5) is 25.9. The third kappa shape index (κ3) is 2.65. The highest BCUT2D eigenvalue weighted by Crippen LogP contribution is 2.30. The van der Waals surface area contributed by atoms with Gasteiger partial charge >= 0.3 is 0 Å². The summed E-state index contributed by atoms with van der Waals surface area (Å²) in [6, 6.07) is 16.7. The number of carbonyl (C=O) groups excluding carboxylic acids is 2. The van der Waals surface area contributed by atoms with Gasteiger partial charge in [0.25, 0.3) is 0 Å². The normalized spacial score (nSPS) is 18.3. The predicted octanol–water partition coefficient (Wildman–Crippen LogP) is 2.31. The lowest BCUT2D eigenvalue weighted by atomic mass is 9.98. The van der Waals surface area contributed by atoms with Crippen molar-refractivity contribution in [3.8, 4) is 0 Å². The number of carbonyl (C=O) groups is 2. The summed E-state index contributed by atoms with van der Waals surface area (Å²) in [6.45, 7) is 0.307. The van der Waals surface area contributed by atoms with Crippen molar-refractivity contribution in [1.82, 2.24) is 4.90 Å². The molecule has 0 bridgehead atoms. The topological polar surface area (TPSA) is 63.4 Å². The molecule has 21 heavy (non-hydrogen) atoms. The van der Waals surface area contributed by atoms with E-state index in [2.05, 4.69) is 0 Å². The molecule has 0 aliphatic carbocycles. The van der Waals surface area contributed by atoms with E-state index in [0.717, 1.165) is 11.1 Å². The number of nitrogen functional groups attached to an aromatic ring is 1. The lowest BCUT2D eigenvalue weighted by Gasteiger charge is -2.15. The van der Waals surface area contributed by atoms with Crippen LogP contribution in [0.5, 0.6) is 0 Å². The highest BCUT2D eigenvalue weighted by Gasteiger charge is 2.39. The first kappa shape index (κ1) is 13.4. The molecule has 4 heteroatoms. The van der Waals surface area contributed by atoms with Crippen LogP contribution < -0.4 is 5.73 Å². The Balaban J connectivity index is 1.79. The molecule has 0 radical (unpaired) electrons. The SMILES string of the molecule is Nc1ccc(CN2C(=O)CC(c3ccccc3)C2=O)cc1. The van der Waals surface area contributed by atoms with Gasteiger partial charge in [0.1, 0.15) is 0 Å². The summed E-state index contributed by atoms with van der Waals surface area (Å²) < 4.78 is 0. The summed E-state index contributed by atoms with van der Waals surface area (Å²) in [5.41, 5.74) is 8.11. The van der Waals surface area contributed by atoms with E-state index in [1.165, 1.54) is 4.90 Å². The zero-order valence-corrected chi connectivity index (χ0v) is 11.5. The molecule has 1 unspecified atom stereocenters. The van der Waals surface area contributed by atoms with Gasteiger partial charge in [0.2, 0.25) is 11.8 Å². The predicted molar refractivity (Wildman–Crippen MR) is 80.2 cm³/mol. The van der Waals surface area contributed by atoms with Crippen LogP contribution in [0.4, 0.5) is 5.69 Å². The molecular formula is C17H16N2O2. The van der Waals surface area contributed by atoms with E-state index < -0.39 is 0 Å². The molecule has 1 aliphatic heterocycles. The molecule has 1 saturated heterocycles. The zero-order valence-electron chi connectivity index (χ0n) is 11.5. The second-order valence-electron chi connectivity index (χ2n) is 5.23. The average Bonchev–Trinajstić information content (AvgIpc) is 2.78. The van der Waals surface area contributed by atoms with Crippen LogP contribution in [0.15, 0.2) is 54.6 Å². The maximum absolute atomic E-state index is 12.5.